The molecule has 1 aromatic heterocycles. The van der Waals surface area contributed by atoms with Crippen LogP contribution in [0.1, 0.15) is 57.6 Å². The maximum absolute atomic E-state index is 5.00. The monoisotopic (exact) mass is 408 g/mol. The summed E-state index contributed by atoms with van der Waals surface area (Å²) in [5.74, 6) is 1.33. The zero-order valence-electron chi connectivity index (χ0n) is 13.6. The Kier molecular flexibility index (Phi) is 5.21. The van der Waals surface area contributed by atoms with Crippen LogP contribution in [0.5, 0.6) is 0 Å². The first-order valence-corrected chi connectivity index (χ1v) is 9.56. The molecule has 0 radical (unpaired) electrons. The number of aromatic nitrogens is 2. The molecule has 0 atom stereocenters. The minimum atomic E-state index is 0.514. The maximum atomic E-state index is 5.00. The Balaban J connectivity index is 1.94. The molecule has 1 aliphatic rings. The van der Waals surface area contributed by atoms with Crippen LogP contribution < -0.4 is 0 Å². The van der Waals surface area contributed by atoms with Gasteiger partial charge in [0.15, 0.2) is 0 Å². The van der Waals surface area contributed by atoms with Crippen molar-refractivity contribution in [2.75, 3.05) is 0 Å². The van der Waals surface area contributed by atoms with Crippen LogP contribution in [0.15, 0.2) is 30.3 Å². The Morgan fingerprint density at radius 2 is 1.82 bits per heavy atom. The summed E-state index contributed by atoms with van der Waals surface area (Å²) in [5, 5.41) is 5.00. The average molecular weight is 408 g/mol. The highest BCUT2D eigenvalue weighted by Crippen LogP contribution is 2.33. The highest BCUT2D eigenvalue weighted by atomic mass is 127. The first-order valence-electron chi connectivity index (χ1n) is 8.48. The molecule has 1 aromatic carbocycles. The first kappa shape index (κ1) is 16.0. The van der Waals surface area contributed by atoms with Gasteiger partial charge in [-0.15, -0.1) is 0 Å². The fraction of sp³-hybridized carbons (Fsp3) is 0.526. The summed E-state index contributed by atoms with van der Waals surface area (Å²) in [4.78, 5) is 0. The Morgan fingerprint density at radius 1 is 1.14 bits per heavy atom. The molecule has 0 N–H and O–H groups in total. The van der Waals surface area contributed by atoms with Crippen LogP contribution in [0.25, 0.3) is 11.3 Å². The number of benzene rings is 1. The van der Waals surface area contributed by atoms with Crippen molar-refractivity contribution in [2.45, 2.75) is 58.4 Å². The van der Waals surface area contributed by atoms with Gasteiger partial charge in [0.2, 0.25) is 0 Å². The van der Waals surface area contributed by atoms with Gasteiger partial charge in [0.1, 0.15) is 5.69 Å². The fourth-order valence-corrected chi connectivity index (χ4v) is 4.86. The molecule has 1 aliphatic carbocycles. The summed E-state index contributed by atoms with van der Waals surface area (Å²) >= 11 is 2.49. The predicted octanol–water partition coefficient (Wildman–Crippen LogP) is 5.86. The van der Waals surface area contributed by atoms with Gasteiger partial charge in [0.05, 0.1) is 9.26 Å². The van der Waals surface area contributed by atoms with Crippen molar-refractivity contribution in [1.29, 1.82) is 0 Å². The van der Waals surface area contributed by atoms with Crippen molar-refractivity contribution in [1.82, 2.24) is 9.78 Å². The minimum absolute atomic E-state index is 0.514. The van der Waals surface area contributed by atoms with Crippen LogP contribution in [0.4, 0.5) is 0 Å². The van der Waals surface area contributed by atoms with E-state index in [1.165, 1.54) is 46.9 Å². The Hall–Kier alpha value is -0.840. The Labute approximate surface area is 147 Å². The van der Waals surface area contributed by atoms with Gasteiger partial charge in [0.25, 0.3) is 0 Å². The number of hydrogen-bond donors (Lipinski definition) is 0. The van der Waals surface area contributed by atoms with E-state index in [1.807, 2.05) is 0 Å². The standard InChI is InChI=1S/C19H25IN2/c1-14(2)19-17(20)18(16-11-7-4-8-12-16)21-22(19)13-15-9-5-3-6-10-15/h4,7-8,11-12,14-15H,3,5-6,9-10,13H2,1-2H3. The zero-order chi connectivity index (χ0) is 15.5. The van der Waals surface area contributed by atoms with Gasteiger partial charge < -0.3 is 0 Å². The molecule has 3 heteroatoms. The third-order valence-electron chi connectivity index (χ3n) is 4.68. The van der Waals surface area contributed by atoms with Crippen LogP contribution in [0.3, 0.4) is 0 Å². The molecular weight excluding hydrogens is 383 g/mol. The van der Waals surface area contributed by atoms with Crippen LogP contribution in [0, 0.1) is 9.49 Å². The van der Waals surface area contributed by atoms with Crippen molar-refractivity contribution in [3.05, 3.63) is 39.6 Å². The van der Waals surface area contributed by atoms with E-state index in [1.54, 1.807) is 0 Å². The van der Waals surface area contributed by atoms with Crippen LogP contribution in [-0.4, -0.2) is 9.78 Å². The summed E-state index contributed by atoms with van der Waals surface area (Å²) in [5.41, 5.74) is 3.79. The number of rotatable bonds is 4. The van der Waals surface area contributed by atoms with E-state index in [4.69, 9.17) is 5.10 Å². The molecule has 118 valence electrons. The normalized spacial score (nSPS) is 16.4. The smallest absolute Gasteiger partial charge is 0.106 e. The van der Waals surface area contributed by atoms with Crippen molar-refractivity contribution in [3.8, 4) is 11.3 Å². The van der Waals surface area contributed by atoms with Gasteiger partial charge >= 0.3 is 0 Å². The summed E-state index contributed by atoms with van der Waals surface area (Å²) in [7, 11) is 0. The summed E-state index contributed by atoms with van der Waals surface area (Å²) in [6, 6.07) is 10.6. The third-order valence-corrected chi connectivity index (χ3v) is 5.75. The van der Waals surface area contributed by atoms with E-state index in [2.05, 4.69) is 71.5 Å². The molecule has 1 saturated carbocycles. The van der Waals surface area contributed by atoms with E-state index in [9.17, 15) is 0 Å². The number of hydrogen-bond acceptors (Lipinski definition) is 1. The Morgan fingerprint density at radius 3 is 2.45 bits per heavy atom. The van der Waals surface area contributed by atoms with Gasteiger partial charge in [-0.05, 0) is 47.3 Å². The van der Waals surface area contributed by atoms with E-state index in [0.717, 1.165) is 18.2 Å². The lowest BCUT2D eigenvalue weighted by molar-refractivity contribution is 0.303. The van der Waals surface area contributed by atoms with E-state index < -0.39 is 0 Å². The van der Waals surface area contributed by atoms with Crippen molar-refractivity contribution >= 4 is 22.6 Å². The first-order chi connectivity index (χ1) is 10.7. The highest BCUT2D eigenvalue weighted by Gasteiger charge is 2.22. The molecule has 0 spiro atoms. The molecule has 0 aliphatic heterocycles. The largest absolute Gasteiger partial charge is 0.267 e. The van der Waals surface area contributed by atoms with Crippen molar-refractivity contribution in [3.63, 3.8) is 0 Å². The number of nitrogens with zero attached hydrogens (tertiary/aromatic N) is 2. The molecule has 22 heavy (non-hydrogen) atoms. The second-order valence-corrected chi connectivity index (χ2v) is 7.83. The molecule has 0 unspecified atom stereocenters. The predicted molar refractivity (Wildman–Crippen MR) is 101 cm³/mol. The minimum Gasteiger partial charge on any atom is -0.267 e. The summed E-state index contributed by atoms with van der Waals surface area (Å²) in [6.45, 7) is 5.66. The van der Waals surface area contributed by atoms with Gasteiger partial charge in [-0.25, -0.2) is 0 Å². The lowest BCUT2D eigenvalue weighted by Gasteiger charge is -2.23. The molecule has 0 saturated heterocycles. The second-order valence-electron chi connectivity index (χ2n) is 6.75. The molecule has 3 rings (SSSR count). The van der Waals surface area contributed by atoms with E-state index in [0.29, 0.717) is 5.92 Å². The fourth-order valence-electron chi connectivity index (χ4n) is 3.54. The van der Waals surface area contributed by atoms with Gasteiger partial charge in [-0.1, -0.05) is 63.4 Å². The average Bonchev–Trinajstić information content (AvgIpc) is 2.85. The van der Waals surface area contributed by atoms with Gasteiger partial charge in [0, 0.05) is 12.1 Å². The lowest BCUT2D eigenvalue weighted by Crippen LogP contribution is -2.17. The van der Waals surface area contributed by atoms with E-state index in [-0.39, 0.29) is 0 Å². The molecule has 2 aromatic rings. The topological polar surface area (TPSA) is 17.8 Å². The van der Waals surface area contributed by atoms with Crippen LogP contribution in [0.2, 0.25) is 0 Å². The highest BCUT2D eigenvalue weighted by molar-refractivity contribution is 14.1. The zero-order valence-corrected chi connectivity index (χ0v) is 15.7. The van der Waals surface area contributed by atoms with Crippen molar-refractivity contribution < 1.29 is 0 Å². The molecular formula is C19H25IN2. The molecule has 0 bridgehead atoms. The summed E-state index contributed by atoms with van der Waals surface area (Å²) in [6.07, 6.45) is 6.94. The lowest BCUT2D eigenvalue weighted by atomic mass is 9.89. The SMILES string of the molecule is CC(C)c1c(I)c(-c2ccccc2)nn1CC1CCCCC1. The summed E-state index contributed by atoms with van der Waals surface area (Å²) < 4.78 is 3.64. The van der Waals surface area contributed by atoms with Crippen molar-refractivity contribution in [2.24, 2.45) is 5.92 Å². The molecule has 2 nitrogen and oxygen atoms in total. The molecule has 1 fully saturated rings. The van der Waals surface area contributed by atoms with Crippen LogP contribution in [-0.2, 0) is 6.54 Å². The molecule has 0 amide bonds. The maximum Gasteiger partial charge on any atom is 0.106 e. The molecule has 1 heterocycles. The van der Waals surface area contributed by atoms with Gasteiger partial charge in [-0.3, -0.25) is 4.68 Å². The second kappa shape index (κ2) is 7.16. The number of halogens is 1. The van der Waals surface area contributed by atoms with Gasteiger partial charge in [-0.2, -0.15) is 5.10 Å². The van der Waals surface area contributed by atoms with Crippen LogP contribution >= 0.6 is 22.6 Å². The quantitative estimate of drug-likeness (QED) is 0.580. The third kappa shape index (κ3) is 3.39. The Bertz CT molecular complexity index is 610. The van der Waals surface area contributed by atoms with E-state index >= 15 is 0 Å².